The van der Waals surface area contributed by atoms with Gasteiger partial charge in [0, 0.05) is 5.56 Å². The van der Waals surface area contributed by atoms with Gasteiger partial charge in [0.25, 0.3) is 0 Å². The summed E-state index contributed by atoms with van der Waals surface area (Å²) in [5, 5.41) is 0. The predicted molar refractivity (Wildman–Crippen MR) is 54.8 cm³/mol. The molecular weight excluding hydrogens is 219 g/mol. The minimum Gasteiger partial charge on any atom is -0.443 e. The van der Waals surface area contributed by atoms with Gasteiger partial charge >= 0.3 is 5.97 Å². The molecule has 1 atom stereocenters. The third-order valence-corrected chi connectivity index (χ3v) is 1.90. The van der Waals surface area contributed by atoms with Crippen LogP contribution in [0, 0.1) is 18.2 Å². The summed E-state index contributed by atoms with van der Waals surface area (Å²) >= 11 is 5.26. The third-order valence-electron chi connectivity index (χ3n) is 1.68. The van der Waals surface area contributed by atoms with Gasteiger partial charge in [0.2, 0.25) is 0 Å². The Balaban J connectivity index is 2.80. The van der Waals surface area contributed by atoms with E-state index in [4.69, 9.17) is 22.8 Å². The Labute approximate surface area is 92.0 Å². The number of carbonyl (C=O) groups is 1. The second-order valence-electron chi connectivity index (χ2n) is 2.72. The van der Waals surface area contributed by atoms with E-state index >= 15 is 0 Å². The standard InChI is InChI=1S/C11H8ClFO2/c1-2-10(15-11(14)7-12)8-3-5-9(13)6-4-8/h1,3-6,10H,7H2/t10-/m0/s1. The van der Waals surface area contributed by atoms with Crippen molar-refractivity contribution in [1.82, 2.24) is 0 Å². The summed E-state index contributed by atoms with van der Waals surface area (Å²) in [7, 11) is 0. The fourth-order valence-corrected chi connectivity index (χ4v) is 1.06. The fraction of sp³-hybridized carbons (Fsp3) is 0.182. The smallest absolute Gasteiger partial charge is 0.322 e. The Hall–Kier alpha value is -1.53. The van der Waals surface area contributed by atoms with Crippen molar-refractivity contribution in [1.29, 1.82) is 0 Å². The Kier molecular flexibility index (Phi) is 4.14. The van der Waals surface area contributed by atoms with Crippen molar-refractivity contribution in [3.05, 3.63) is 35.6 Å². The first-order valence-electron chi connectivity index (χ1n) is 4.14. The summed E-state index contributed by atoms with van der Waals surface area (Å²) in [5.74, 6) is 1.03. The average Bonchev–Trinajstić information content (AvgIpc) is 2.27. The van der Waals surface area contributed by atoms with E-state index in [0.29, 0.717) is 5.56 Å². The molecule has 2 nitrogen and oxygen atoms in total. The number of rotatable bonds is 3. The van der Waals surface area contributed by atoms with Crippen LogP contribution in [0.15, 0.2) is 24.3 Å². The van der Waals surface area contributed by atoms with E-state index < -0.39 is 12.1 Å². The number of terminal acetylenes is 1. The van der Waals surface area contributed by atoms with Crippen molar-refractivity contribution in [2.45, 2.75) is 6.10 Å². The molecule has 1 aromatic rings. The number of hydrogen-bond acceptors (Lipinski definition) is 2. The molecular formula is C11H8ClFO2. The number of halogens is 2. The number of ether oxygens (including phenoxy) is 1. The molecule has 0 aromatic heterocycles. The minimum absolute atomic E-state index is 0.265. The molecule has 0 aliphatic carbocycles. The SMILES string of the molecule is C#C[C@H](OC(=O)CCl)c1ccc(F)cc1. The molecule has 0 saturated heterocycles. The monoisotopic (exact) mass is 226 g/mol. The molecule has 0 aliphatic heterocycles. The average molecular weight is 227 g/mol. The van der Waals surface area contributed by atoms with Crippen LogP contribution in [0.1, 0.15) is 11.7 Å². The molecule has 0 heterocycles. The largest absolute Gasteiger partial charge is 0.443 e. The molecule has 0 spiro atoms. The van der Waals surface area contributed by atoms with E-state index in [-0.39, 0.29) is 11.7 Å². The molecule has 0 aliphatic rings. The zero-order chi connectivity index (χ0) is 11.3. The van der Waals surface area contributed by atoms with Crippen molar-refractivity contribution >= 4 is 17.6 Å². The van der Waals surface area contributed by atoms with Crippen LogP contribution in [0.25, 0.3) is 0 Å². The van der Waals surface area contributed by atoms with Gasteiger partial charge in [-0.05, 0) is 12.1 Å². The first-order chi connectivity index (χ1) is 7.17. The van der Waals surface area contributed by atoms with Gasteiger partial charge in [-0.3, -0.25) is 4.79 Å². The zero-order valence-corrected chi connectivity index (χ0v) is 8.50. The summed E-state index contributed by atoms with van der Waals surface area (Å²) in [5.41, 5.74) is 0.539. The van der Waals surface area contributed by atoms with Gasteiger partial charge in [-0.25, -0.2) is 4.39 Å². The van der Waals surface area contributed by atoms with Crippen LogP contribution in [0.4, 0.5) is 4.39 Å². The van der Waals surface area contributed by atoms with E-state index in [0.717, 1.165) is 0 Å². The van der Waals surface area contributed by atoms with Gasteiger partial charge in [0.15, 0.2) is 6.10 Å². The number of alkyl halides is 1. The first-order valence-corrected chi connectivity index (χ1v) is 4.68. The third kappa shape index (κ3) is 3.26. The van der Waals surface area contributed by atoms with Crippen LogP contribution in [-0.4, -0.2) is 11.8 Å². The lowest BCUT2D eigenvalue weighted by Crippen LogP contribution is -2.10. The maximum Gasteiger partial charge on any atom is 0.322 e. The Morgan fingerprint density at radius 1 is 1.53 bits per heavy atom. The molecule has 0 unspecified atom stereocenters. The normalized spacial score (nSPS) is 11.5. The van der Waals surface area contributed by atoms with Crippen LogP contribution in [0.3, 0.4) is 0 Å². The zero-order valence-electron chi connectivity index (χ0n) is 7.74. The molecule has 0 N–H and O–H groups in total. The van der Waals surface area contributed by atoms with Crippen LogP contribution < -0.4 is 0 Å². The Bertz CT molecular complexity index is 381. The van der Waals surface area contributed by atoms with E-state index in [2.05, 4.69) is 5.92 Å². The molecule has 0 saturated carbocycles. The Morgan fingerprint density at radius 3 is 2.60 bits per heavy atom. The lowest BCUT2D eigenvalue weighted by Gasteiger charge is -2.11. The van der Waals surface area contributed by atoms with Gasteiger partial charge in [0.1, 0.15) is 11.7 Å². The lowest BCUT2D eigenvalue weighted by molar-refractivity contribution is -0.143. The van der Waals surface area contributed by atoms with E-state index in [9.17, 15) is 9.18 Å². The second-order valence-corrected chi connectivity index (χ2v) is 2.99. The predicted octanol–water partition coefficient (Wildman–Crippen LogP) is 2.28. The fourth-order valence-electron chi connectivity index (χ4n) is 0.999. The van der Waals surface area contributed by atoms with Crippen molar-refractivity contribution in [3.8, 4) is 12.3 Å². The highest BCUT2D eigenvalue weighted by Crippen LogP contribution is 2.17. The van der Waals surface area contributed by atoms with Gasteiger partial charge in [-0.1, -0.05) is 18.1 Å². The Morgan fingerprint density at radius 2 is 2.13 bits per heavy atom. The number of hydrogen-bond donors (Lipinski definition) is 0. The van der Waals surface area contributed by atoms with Crippen LogP contribution in [0.2, 0.25) is 0 Å². The summed E-state index contributed by atoms with van der Waals surface area (Å²) < 4.78 is 17.4. The van der Waals surface area contributed by atoms with Gasteiger partial charge in [0.05, 0.1) is 0 Å². The molecule has 0 bridgehead atoms. The molecule has 15 heavy (non-hydrogen) atoms. The summed E-state index contributed by atoms with van der Waals surface area (Å²) in [6.07, 6.45) is 4.36. The molecule has 1 rings (SSSR count). The van der Waals surface area contributed by atoms with Crippen LogP contribution in [0.5, 0.6) is 0 Å². The van der Waals surface area contributed by atoms with E-state index in [1.165, 1.54) is 24.3 Å². The molecule has 78 valence electrons. The number of carbonyl (C=O) groups excluding carboxylic acids is 1. The maximum atomic E-state index is 12.6. The lowest BCUT2D eigenvalue weighted by atomic mass is 10.1. The highest BCUT2D eigenvalue weighted by atomic mass is 35.5. The van der Waals surface area contributed by atoms with Crippen molar-refractivity contribution in [3.63, 3.8) is 0 Å². The molecule has 0 amide bonds. The van der Waals surface area contributed by atoms with Crippen LogP contribution >= 0.6 is 11.6 Å². The quantitative estimate of drug-likeness (QED) is 0.449. The highest BCUT2D eigenvalue weighted by Gasteiger charge is 2.12. The second kappa shape index (κ2) is 5.38. The molecule has 0 radical (unpaired) electrons. The van der Waals surface area contributed by atoms with Crippen molar-refractivity contribution in [2.24, 2.45) is 0 Å². The molecule has 1 aromatic carbocycles. The highest BCUT2D eigenvalue weighted by molar-refractivity contribution is 6.26. The summed E-state index contributed by atoms with van der Waals surface area (Å²) in [4.78, 5) is 10.9. The van der Waals surface area contributed by atoms with Gasteiger partial charge < -0.3 is 4.74 Å². The summed E-state index contributed by atoms with van der Waals surface area (Å²) in [6, 6.07) is 5.41. The maximum absolute atomic E-state index is 12.6. The number of benzene rings is 1. The van der Waals surface area contributed by atoms with Crippen molar-refractivity contribution in [2.75, 3.05) is 5.88 Å². The molecule has 4 heteroatoms. The molecule has 0 fully saturated rings. The van der Waals surface area contributed by atoms with E-state index in [1.807, 2.05) is 0 Å². The van der Waals surface area contributed by atoms with Gasteiger partial charge in [-0.2, -0.15) is 0 Å². The van der Waals surface area contributed by atoms with Crippen molar-refractivity contribution < 1.29 is 13.9 Å². The van der Waals surface area contributed by atoms with Gasteiger partial charge in [-0.15, -0.1) is 18.0 Å². The van der Waals surface area contributed by atoms with Crippen LogP contribution in [-0.2, 0) is 9.53 Å². The summed E-state index contributed by atoms with van der Waals surface area (Å²) in [6.45, 7) is 0. The minimum atomic E-state index is -0.822. The number of esters is 1. The first kappa shape index (κ1) is 11.5. The van der Waals surface area contributed by atoms with E-state index in [1.54, 1.807) is 0 Å². The topological polar surface area (TPSA) is 26.3 Å².